The zero-order valence-corrected chi connectivity index (χ0v) is 6.72. The molecule has 0 N–H and O–H groups in total. The molecule has 1 aromatic heterocycles. The zero-order valence-electron chi connectivity index (χ0n) is 5.97. The summed E-state index contributed by atoms with van der Waals surface area (Å²) >= 11 is 5.50. The Morgan fingerprint density at radius 1 is 1.70 bits per heavy atom. The molecule has 0 radical (unpaired) electrons. The van der Waals surface area contributed by atoms with Crippen molar-refractivity contribution in [2.75, 3.05) is 19.0 Å². The van der Waals surface area contributed by atoms with Gasteiger partial charge in [-0.3, -0.25) is 0 Å². The first-order valence-corrected chi connectivity index (χ1v) is 3.45. The Kier molecular flexibility index (Phi) is 2.17. The number of hydrogen-bond donors (Lipinski definition) is 0. The van der Waals surface area contributed by atoms with Crippen LogP contribution in [0.2, 0.25) is 0 Å². The van der Waals surface area contributed by atoms with Crippen molar-refractivity contribution >= 4 is 17.6 Å². The Morgan fingerprint density at radius 2 is 2.40 bits per heavy atom. The Bertz CT molecular complexity index is 209. The van der Waals surface area contributed by atoms with Crippen LogP contribution in [0.1, 0.15) is 5.69 Å². The molecule has 0 saturated carbocycles. The summed E-state index contributed by atoms with van der Waals surface area (Å²) in [6.45, 7) is 0. The average Bonchev–Trinajstić information content (AvgIpc) is 2.34. The molecule has 0 amide bonds. The van der Waals surface area contributed by atoms with Gasteiger partial charge < -0.3 is 9.32 Å². The van der Waals surface area contributed by atoms with Crippen molar-refractivity contribution in [2.24, 2.45) is 0 Å². The molecular weight excluding hydrogens is 152 g/mol. The maximum absolute atomic E-state index is 5.50. The topological polar surface area (TPSA) is 29.3 Å². The summed E-state index contributed by atoms with van der Waals surface area (Å²) in [5.74, 6) is 0.400. The molecule has 0 fully saturated rings. The second-order valence-electron chi connectivity index (χ2n) is 2.15. The lowest BCUT2D eigenvalue weighted by molar-refractivity contribution is 0.555. The minimum absolute atomic E-state index is 0.400. The first-order chi connectivity index (χ1) is 4.74. The number of oxazole rings is 1. The lowest BCUT2D eigenvalue weighted by Gasteiger charge is -2.03. The van der Waals surface area contributed by atoms with Crippen LogP contribution in [0.5, 0.6) is 0 Å². The molecule has 1 rings (SSSR count). The first-order valence-electron chi connectivity index (χ1n) is 2.91. The van der Waals surface area contributed by atoms with E-state index < -0.39 is 0 Å². The smallest absolute Gasteiger partial charge is 0.296 e. The molecule has 4 heteroatoms. The molecular formula is C6H9ClN2O. The normalized spacial score (nSPS) is 9.90. The Balaban J connectivity index is 2.78. The van der Waals surface area contributed by atoms with Crippen molar-refractivity contribution in [2.45, 2.75) is 5.88 Å². The Labute approximate surface area is 64.6 Å². The van der Waals surface area contributed by atoms with Crippen LogP contribution in [0.15, 0.2) is 10.7 Å². The molecule has 0 aromatic carbocycles. The van der Waals surface area contributed by atoms with Crippen LogP contribution in [0.4, 0.5) is 6.01 Å². The van der Waals surface area contributed by atoms with Gasteiger partial charge in [0.15, 0.2) is 0 Å². The van der Waals surface area contributed by atoms with Crippen LogP contribution in [-0.4, -0.2) is 19.1 Å². The molecule has 0 saturated heterocycles. The molecule has 1 aromatic rings. The fraction of sp³-hybridized carbons (Fsp3) is 0.500. The molecule has 0 unspecified atom stereocenters. The number of hydrogen-bond acceptors (Lipinski definition) is 3. The molecule has 0 spiro atoms. The standard InChI is InChI=1S/C6H9ClN2O/c1-9(2)6-8-5(3-7)4-10-6/h4H,3H2,1-2H3. The second-order valence-corrected chi connectivity index (χ2v) is 2.42. The van der Waals surface area contributed by atoms with E-state index in [4.69, 9.17) is 16.0 Å². The van der Waals surface area contributed by atoms with Crippen molar-refractivity contribution in [3.05, 3.63) is 12.0 Å². The molecule has 0 bridgehead atoms. The van der Waals surface area contributed by atoms with E-state index >= 15 is 0 Å². The van der Waals surface area contributed by atoms with Gasteiger partial charge >= 0.3 is 0 Å². The van der Waals surface area contributed by atoms with Gasteiger partial charge in [0.2, 0.25) is 0 Å². The number of aromatic nitrogens is 1. The van der Waals surface area contributed by atoms with Crippen molar-refractivity contribution in [1.29, 1.82) is 0 Å². The molecule has 0 aliphatic rings. The fourth-order valence-electron chi connectivity index (χ4n) is 0.563. The predicted octanol–water partition coefficient (Wildman–Crippen LogP) is 1.48. The van der Waals surface area contributed by atoms with E-state index in [1.54, 1.807) is 11.2 Å². The molecule has 0 atom stereocenters. The van der Waals surface area contributed by atoms with Crippen LogP contribution in [-0.2, 0) is 5.88 Å². The molecule has 56 valence electrons. The number of rotatable bonds is 2. The maximum atomic E-state index is 5.50. The maximum Gasteiger partial charge on any atom is 0.296 e. The highest BCUT2D eigenvalue weighted by Crippen LogP contribution is 2.11. The Hall–Kier alpha value is -0.700. The van der Waals surface area contributed by atoms with Gasteiger partial charge in [-0.2, -0.15) is 4.98 Å². The molecule has 1 heterocycles. The first kappa shape index (κ1) is 7.41. The van der Waals surface area contributed by atoms with Crippen molar-refractivity contribution in [1.82, 2.24) is 4.98 Å². The molecule has 0 aliphatic carbocycles. The fourth-order valence-corrected chi connectivity index (χ4v) is 0.686. The Morgan fingerprint density at radius 3 is 2.70 bits per heavy atom. The summed E-state index contributed by atoms with van der Waals surface area (Å²) in [7, 11) is 3.73. The van der Waals surface area contributed by atoms with E-state index in [1.807, 2.05) is 14.1 Å². The summed E-state index contributed by atoms with van der Waals surface area (Å²) in [5.41, 5.74) is 0.769. The zero-order chi connectivity index (χ0) is 7.56. The van der Waals surface area contributed by atoms with Gasteiger partial charge in [0.25, 0.3) is 6.01 Å². The highest BCUT2D eigenvalue weighted by molar-refractivity contribution is 6.16. The van der Waals surface area contributed by atoms with Gasteiger partial charge in [-0.1, -0.05) is 0 Å². The SMILES string of the molecule is CN(C)c1nc(CCl)co1. The summed E-state index contributed by atoms with van der Waals surface area (Å²) in [6, 6.07) is 0.593. The third-order valence-electron chi connectivity index (χ3n) is 1.06. The van der Waals surface area contributed by atoms with E-state index in [0.29, 0.717) is 11.9 Å². The summed E-state index contributed by atoms with van der Waals surface area (Å²) in [4.78, 5) is 5.84. The molecule has 3 nitrogen and oxygen atoms in total. The predicted molar refractivity (Wildman–Crippen MR) is 40.4 cm³/mol. The number of anilines is 1. The van der Waals surface area contributed by atoms with Gasteiger partial charge in [-0.05, 0) is 0 Å². The molecule has 10 heavy (non-hydrogen) atoms. The highest BCUT2D eigenvalue weighted by Gasteiger charge is 2.02. The summed E-state index contributed by atoms with van der Waals surface area (Å²) in [5, 5.41) is 0. The van der Waals surface area contributed by atoms with Crippen LogP contribution in [0, 0.1) is 0 Å². The van der Waals surface area contributed by atoms with Gasteiger partial charge in [-0.25, -0.2) is 0 Å². The summed E-state index contributed by atoms with van der Waals surface area (Å²) in [6.07, 6.45) is 1.56. The second kappa shape index (κ2) is 2.92. The minimum atomic E-state index is 0.400. The number of alkyl halides is 1. The third kappa shape index (κ3) is 1.42. The largest absolute Gasteiger partial charge is 0.432 e. The van der Waals surface area contributed by atoms with Gasteiger partial charge in [0.1, 0.15) is 6.26 Å². The van der Waals surface area contributed by atoms with Crippen LogP contribution in [0.3, 0.4) is 0 Å². The van der Waals surface area contributed by atoms with E-state index in [0.717, 1.165) is 5.69 Å². The third-order valence-corrected chi connectivity index (χ3v) is 1.33. The molecule has 0 aliphatic heterocycles. The van der Waals surface area contributed by atoms with Crippen LogP contribution in [0.25, 0.3) is 0 Å². The van der Waals surface area contributed by atoms with Crippen LogP contribution >= 0.6 is 11.6 Å². The van der Waals surface area contributed by atoms with E-state index in [9.17, 15) is 0 Å². The van der Waals surface area contributed by atoms with Crippen molar-refractivity contribution in [3.63, 3.8) is 0 Å². The average molecular weight is 161 g/mol. The van der Waals surface area contributed by atoms with E-state index in [2.05, 4.69) is 4.98 Å². The minimum Gasteiger partial charge on any atom is -0.432 e. The number of nitrogens with zero attached hydrogens (tertiary/aromatic N) is 2. The van der Waals surface area contributed by atoms with E-state index in [1.165, 1.54) is 0 Å². The van der Waals surface area contributed by atoms with E-state index in [-0.39, 0.29) is 0 Å². The van der Waals surface area contributed by atoms with Gasteiger partial charge in [-0.15, -0.1) is 11.6 Å². The lowest BCUT2D eigenvalue weighted by atomic mass is 10.6. The van der Waals surface area contributed by atoms with Gasteiger partial charge in [0.05, 0.1) is 11.6 Å². The van der Waals surface area contributed by atoms with Gasteiger partial charge in [0, 0.05) is 14.1 Å². The monoisotopic (exact) mass is 160 g/mol. The van der Waals surface area contributed by atoms with Crippen molar-refractivity contribution in [3.8, 4) is 0 Å². The van der Waals surface area contributed by atoms with Crippen molar-refractivity contribution < 1.29 is 4.42 Å². The number of halogens is 1. The van der Waals surface area contributed by atoms with Crippen LogP contribution < -0.4 is 4.90 Å². The summed E-state index contributed by atoms with van der Waals surface area (Å²) < 4.78 is 5.05. The lowest BCUT2D eigenvalue weighted by Crippen LogP contribution is -2.08. The quantitative estimate of drug-likeness (QED) is 0.614. The highest BCUT2D eigenvalue weighted by atomic mass is 35.5.